The van der Waals surface area contributed by atoms with Crippen LogP contribution >= 0.6 is 0 Å². The maximum absolute atomic E-state index is 15.0. The Morgan fingerprint density at radius 2 is 1.02 bits per heavy atom. The number of imide groups is 1. The van der Waals surface area contributed by atoms with Gasteiger partial charge >= 0.3 is 0 Å². The molecule has 0 bridgehead atoms. The summed E-state index contributed by atoms with van der Waals surface area (Å²) < 4.78 is 2.05. The lowest BCUT2D eigenvalue weighted by atomic mass is 9.95. The average molecular weight is 667 g/mol. The second-order valence-electron chi connectivity index (χ2n) is 12.6. The Labute approximate surface area is 299 Å². The number of rotatable bonds is 5. The van der Waals surface area contributed by atoms with Gasteiger partial charge in [-0.15, -0.1) is 0 Å². The Morgan fingerprint density at radius 3 is 1.67 bits per heavy atom. The van der Waals surface area contributed by atoms with Gasteiger partial charge < -0.3 is 4.57 Å². The molecule has 2 amide bonds. The summed E-state index contributed by atoms with van der Waals surface area (Å²) in [5, 5.41) is 1.96. The second kappa shape index (κ2) is 12.1. The molecule has 0 unspecified atom stereocenters. The minimum absolute atomic E-state index is 0.327. The van der Waals surface area contributed by atoms with Crippen LogP contribution in [0.15, 0.2) is 158 Å². The molecule has 52 heavy (non-hydrogen) atoms. The van der Waals surface area contributed by atoms with Gasteiger partial charge in [-0.1, -0.05) is 133 Å². The van der Waals surface area contributed by atoms with Crippen molar-refractivity contribution < 1.29 is 9.59 Å². The second-order valence-corrected chi connectivity index (χ2v) is 12.6. The third kappa shape index (κ3) is 4.71. The van der Waals surface area contributed by atoms with Crippen LogP contribution in [-0.2, 0) is 0 Å². The SMILES string of the molecule is [C-]#[N+]c1cc([N+]#[C-])cc(-c2ccc3c4ccccc4n(-c4cccc5c4C(=O)N(c4c(-c6ccccc6)cccc4-c4ccccc4)C5=O)c3c2)c1. The van der Waals surface area contributed by atoms with Gasteiger partial charge in [0.1, 0.15) is 0 Å². The highest BCUT2D eigenvalue weighted by atomic mass is 16.2. The lowest BCUT2D eigenvalue weighted by molar-refractivity contribution is 0.0926. The number of nitrogens with zero attached hydrogens (tertiary/aromatic N) is 4. The molecule has 1 aliphatic heterocycles. The Kier molecular flexibility index (Phi) is 7.10. The monoisotopic (exact) mass is 666 g/mol. The molecular formula is C46H26N4O2. The molecule has 0 spiro atoms. The highest BCUT2D eigenvalue weighted by Gasteiger charge is 2.41. The van der Waals surface area contributed by atoms with E-state index in [0.29, 0.717) is 33.9 Å². The summed E-state index contributed by atoms with van der Waals surface area (Å²) in [6.07, 6.45) is 0. The average Bonchev–Trinajstić information content (AvgIpc) is 3.67. The predicted molar refractivity (Wildman–Crippen MR) is 207 cm³/mol. The summed E-state index contributed by atoms with van der Waals surface area (Å²) in [5.41, 5.74) is 9.20. The number of hydrogen-bond donors (Lipinski definition) is 0. The van der Waals surface area contributed by atoms with Crippen molar-refractivity contribution >= 4 is 50.7 Å². The van der Waals surface area contributed by atoms with E-state index >= 15 is 4.79 Å². The maximum Gasteiger partial charge on any atom is 0.268 e. The van der Waals surface area contributed by atoms with Crippen LogP contribution in [0.25, 0.3) is 70.6 Å². The zero-order chi connectivity index (χ0) is 35.3. The molecule has 7 aromatic carbocycles. The number of aromatic nitrogens is 1. The molecule has 0 radical (unpaired) electrons. The van der Waals surface area contributed by atoms with Gasteiger partial charge in [0.15, 0.2) is 11.4 Å². The number of fused-ring (bicyclic) bond motifs is 4. The maximum atomic E-state index is 15.0. The molecule has 1 aliphatic rings. The number of benzene rings is 7. The lowest BCUT2D eigenvalue weighted by Crippen LogP contribution is -2.30. The summed E-state index contributed by atoms with van der Waals surface area (Å²) in [6, 6.07) is 50.2. The van der Waals surface area contributed by atoms with Gasteiger partial charge in [0.2, 0.25) is 0 Å². The van der Waals surface area contributed by atoms with Crippen molar-refractivity contribution in [1.82, 2.24) is 4.57 Å². The van der Waals surface area contributed by atoms with Crippen LogP contribution in [0.3, 0.4) is 0 Å². The molecule has 242 valence electrons. The smallest absolute Gasteiger partial charge is 0.268 e. The molecule has 9 rings (SSSR count). The van der Waals surface area contributed by atoms with Crippen LogP contribution in [0.2, 0.25) is 0 Å². The Morgan fingerprint density at radius 1 is 0.442 bits per heavy atom. The standard InChI is InChI=1S/C46H26N4O2/c1-47-33-25-32(26-34(28-33)48-2)31-23-24-38-37-17-9-10-21-40(37)49(42(38)27-31)41-22-12-20-39-43(41)46(52)50(45(39)51)44-35(29-13-5-3-6-14-29)18-11-19-36(44)30-15-7-4-8-16-30/h3-28H. The predicted octanol–water partition coefficient (Wildman–Crippen LogP) is 11.7. The van der Waals surface area contributed by atoms with Crippen molar-refractivity contribution in [1.29, 1.82) is 0 Å². The van der Waals surface area contributed by atoms with E-state index < -0.39 is 5.91 Å². The Hall–Kier alpha value is -7.54. The molecule has 0 fully saturated rings. The highest BCUT2D eigenvalue weighted by Crippen LogP contribution is 2.45. The topological polar surface area (TPSA) is 51.0 Å². The number of hydrogen-bond acceptors (Lipinski definition) is 2. The van der Waals surface area contributed by atoms with Gasteiger partial charge in [-0.05, 0) is 46.5 Å². The first-order valence-electron chi connectivity index (χ1n) is 16.8. The minimum Gasteiger partial charge on any atom is -0.308 e. The fraction of sp³-hybridized carbons (Fsp3) is 0. The summed E-state index contributed by atoms with van der Waals surface area (Å²) >= 11 is 0. The van der Waals surface area contributed by atoms with Gasteiger partial charge in [0.05, 0.1) is 46.7 Å². The van der Waals surface area contributed by atoms with Crippen molar-refractivity contribution in [3.05, 3.63) is 192 Å². The number of carbonyl (C=O) groups is 2. The molecule has 1 aromatic heterocycles. The normalized spacial score (nSPS) is 12.2. The van der Waals surface area contributed by atoms with Gasteiger partial charge in [0.25, 0.3) is 11.8 Å². The molecule has 0 saturated carbocycles. The van der Waals surface area contributed by atoms with Gasteiger partial charge in [0, 0.05) is 21.9 Å². The largest absolute Gasteiger partial charge is 0.308 e. The van der Waals surface area contributed by atoms with E-state index in [9.17, 15) is 4.79 Å². The van der Waals surface area contributed by atoms with E-state index in [-0.39, 0.29) is 5.91 Å². The van der Waals surface area contributed by atoms with Gasteiger partial charge in [-0.3, -0.25) is 9.59 Å². The third-order valence-corrected chi connectivity index (χ3v) is 9.73. The molecule has 0 N–H and O–H groups in total. The van der Waals surface area contributed by atoms with E-state index in [4.69, 9.17) is 13.1 Å². The van der Waals surface area contributed by atoms with Crippen molar-refractivity contribution in [2.75, 3.05) is 4.90 Å². The molecule has 0 aliphatic carbocycles. The van der Waals surface area contributed by atoms with E-state index in [1.165, 1.54) is 4.90 Å². The molecule has 8 aromatic rings. The lowest BCUT2D eigenvalue weighted by Gasteiger charge is -2.23. The molecule has 6 nitrogen and oxygen atoms in total. The van der Waals surface area contributed by atoms with Crippen LogP contribution in [0.5, 0.6) is 0 Å². The van der Waals surface area contributed by atoms with E-state index in [0.717, 1.165) is 55.2 Å². The van der Waals surface area contributed by atoms with Crippen LogP contribution in [-0.4, -0.2) is 16.4 Å². The molecular weight excluding hydrogens is 641 g/mol. The van der Waals surface area contributed by atoms with Crippen LogP contribution < -0.4 is 4.90 Å². The number of anilines is 1. The summed E-state index contributed by atoms with van der Waals surface area (Å²) in [4.78, 5) is 38.2. The zero-order valence-corrected chi connectivity index (χ0v) is 27.6. The van der Waals surface area contributed by atoms with E-state index in [1.54, 1.807) is 24.3 Å². The fourth-order valence-electron chi connectivity index (χ4n) is 7.44. The third-order valence-electron chi connectivity index (χ3n) is 9.73. The van der Waals surface area contributed by atoms with Crippen LogP contribution in [0.4, 0.5) is 17.1 Å². The first-order chi connectivity index (χ1) is 25.6. The van der Waals surface area contributed by atoms with Crippen molar-refractivity contribution in [2.45, 2.75) is 0 Å². The minimum atomic E-state index is -0.398. The fourth-order valence-corrected chi connectivity index (χ4v) is 7.44. The molecule has 2 heterocycles. The quantitative estimate of drug-likeness (QED) is 0.136. The Bertz CT molecular complexity index is 2770. The summed E-state index contributed by atoms with van der Waals surface area (Å²) in [6.45, 7) is 15.2. The zero-order valence-electron chi connectivity index (χ0n) is 27.6. The van der Waals surface area contributed by atoms with Crippen molar-refractivity contribution in [3.63, 3.8) is 0 Å². The highest BCUT2D eigenvalue weighted by molar-refractivity contribution is 6.37. The van der Waals surface area contributed by atoms with Crippen LogP contribution in [0.1, 0.15) is 20.7 Å². The number of carbonyl (C=O) groups excluding carboxylic acids is 2. The van der Waals surface area contributed by atoms with Gasteiger partial charge in [-0.2, -0.15) is 0 Å². The van der Waals surface area contributed by atoms with E-state index in [1.807, 2.05) is 127 Å². The summed E-state index contributed by atoms with van der Waals surface area (Å²) in [7, 11) is 0. The number of para-hydroxylation sites is 2. The van der Waals surface area contributed by atoms with Gasteiger partial charge in [-0.25, -0.2) is 14.6 Å². The van der Waals surface area contributed by atoms with Crippen molar-refractivity contribution in [2.24, 2.45) is 0 Å². The molecule has 6 heteroatoms. The van der Waals surface area contributed by atoms with Crippen molar-refractivity contribution in [3.8, 4) is 39.1 Å². The molecule has 0 atom stereocenters. The van der Waals surface area contributed by atoms with E-state index in [2.05, 4.69) is 20.3 Å². The first kappa shape index (κ1) is 30.5. The number of amides is 2. The first-order valence-corrected chi connectivity index (χ1v) is 16.8. The van der Waals surface area contributed by atoms with Crippen LogP contribution in [0, 0.1) is 13.1 Å². The Balaban J connectivity index is 1.28. The summed E-state index contributed by atoms with van der Waals surface area (Å²) in [5.74, 6) is -0.781. The molecule has 0 saturated heterocycles.